The van der Waals surface area contributed by atoms with Gasteiger partial charge in [-0.05, 0) is 23.8 Å². The highest BCUT2D eigenvalue weighted by Crippen LogP contribution is 2.12. The molecule has 1 heterocycles. The molecule has 1 N–H and O–H groups in total. The largest absolute Gasteiger partial charge is 0.508 e. The zero-order valence-corrected chi connectivity index (χ0v) is 8.05. The van der Waals surface area contributed by atoms with Crippen LogP contribution < -0.4 is 4.74 Å². The molecule has 0 fully saturated rings. The van der Waals surface area contributed by atoms with Crippen molar-refractivity contribution in [2.75, 3.05) is 0 Å². The molecule has 2 rings (SSSR count). The standard InChI is InChI=1S/C12H10NO2/c14-11-6-4-10(5-7-11)9-15-12-3-1-2-8-13-12/h1-7,14H,9H2. The number of aromatic nitrogens is 1. The van der Waals surface area contributed by atoms with E-state index in [0.717, 1.165) is 5.56 Å². The van der Waals surface area contributed by atoms with E-state index in [2.05, 4.69) is 11.2 Å². The van der Waals surface area contributed by atoms with Crippen LogP contribution in [0.2, 0.25) is 0 Å². The first-order valence-electron chi connectivity index (χ1n) is 4.58. The quantitative estimate of drug-likeness (QED) is 0.825. The highest BCUT2D eigenvalue weighted by atomic mass is 16.5. The molecule has 0 bridgehead atoms. The van der Waals surface area contributed by atoms with E-state index in [-0.39, 0.29) is 5.75 Å². The summed E-state index contributed by atoms with van der Waals surface area (Å²) >= 11 is 0. The van der Waals surface area contributed by atoms with Crippen molar-refractivity contribution in [3.05, 3.63) is 54.2 Å². The molecule has 1 aromatic carbocycles. The Hall–Kier alpha value is -2.03. The second kappa shape index (κ2) is 4.46. The fourth-order valence-corrected chi connectivity index (χ4v) is 1.14. The van der Waals surface area contributed by atoms with E-state index in [1.54, 1.807) is 24.3 Å². The molecule has 0 aliphatic rings. The van der Waals surface area contributed by atoms with Crippen LogP contribution in [0.3, 0.4) is 0 Å². The predicted molar refractivity (Wildman–Crippen MR) is 55.5 cm³/mol. The van der Waals surface area contributed by atoms with Gasteiger partial charge >= 0.3 is 0 Å². The van der Waals surface area contributed by atoms with Gasteiger partial charge in [0.25, 0.3) is 0 Å². The van der Waals surface area contributed by atoms with E-state index in [4.69, 9.17) is 9.84 Å². The van der Waals surface area contributed by atoms with Crippen molar-refractivity contribution >= 4 is 0 Å². The SMILES string of the molecule is Oc1ccc(COc2ccc[c]n2)cc1. The Kier molecular flexibility index (Phi) is 2.83. The molecule has 0 saturated heterocycles. The van der Waals surface area contributed by atoms with Crippen molar-refractivity contribution < 1.29 is 9.84 Å². The number of phenols is 1. The molecule has 0 unspecified atom stereocenters. The Morgan fingerprint density at radius 2 is 2.00 bits per heavy atom. The van der Waals surface area contributed by atoms with Crippen molar-refractivity contribution in [3.8, 4) is 11.6 Å². The minimum atomic E-state index is 0.255. The molecule has 75 valence electrons. The minimum absolute atomic E-state index is 0.255. The van der Waals surface area contributed by atoms with Crippen LogP contribution in [-0.4, -0.2) is 10.1 Å². The van der Waals surface area contributed by atoms with Crippen LogP contribution in [0, 0.1) is 6.20 Å². The minimum Gasteiger partial charge on any atom is -0.508 e. The Morgan fingerprint density at radius 3 is 2.67 bits per heavy atom. The van der Waals surface area contributed by atoms with Crippen molar-refractivity contribution in [3.63, 3.8) is 0 Å². The monoisotopic (exact) mass is 200 g/mol. The van der Waals surface area contributed by atoms with Crippen LogP contribution in [0.4, 0.5) is 0 Å². The molecule has 0 atom stereocenters. The Balaban J connectivity index is 1.96. The van der Waals surface area contributed by atoms with Gasteiger partial charge in [-0.1, -0.05) is 18.2 Å². The average molecular weight is 200 g/mol. The van der Waals surface area contributed by atoms with Crippen LogP contribution in [0.1, 0.15) is 5.56 Å². The maximum Gasteiger partial charge on any atom is 0.214 e. The van der Waals surface area contributed by atoms with E-state index in [0.29, 0.717) is 12.5 Å². The zero-order chi connectivity index (χ0) is 10.5. The van der Waals surface area contributed by atoms with Gasteiger partial charge in [-0.25, -0.2) is 4.98 Å². The number of hydrogen-bond donors (Lipinski definition) is 1. The second-order valence-electron chi connectivity index (χ2n) is 3.06. The van der Waals surface area contributed by atoms with Crippen molar-refractivity contribution in [1.82, 2.24) is 4.98 Å². The summed E-state index contributed by atoms with van der Waals surface area (Å²) in [7, 11) is 0. The number of phenolic OH excluding ortho intramolecular Hbond substituents is 1. The van der Waals surface area contributed by atoms with Crippen LogP contribution in [0.25, 0.3) is 0 Å². The number of hydrogen-bond acceptors (Lipinski definition) is 3. The molecule has 0 saturated carbocycles. The lowest BCUT2D eigenvalue weighted by Gasteiger charge is -2.04. The van der Waals surface area contributed by atoms with E-state index in [9.17, 15) is 0 Å². The van der Waals surface area contributed by atoms with Gasteiger partial charge in [0.2, 0.25) is 5.88 Å². The second-order valence-corrected chi connectivity index (χ2v) is 3.06. The highest BCUT2D eigenvalue weighted by molar-refractivity contribution is 5.25. The third-order valence-corrected chi connectivity index (χ3v) is 1.91. The average Bonchev–Trinajstić information content (AvgIpc) is 2.30. The van der Waals surface area contributed by atoms with Gasteiger partial charge in [-0.2, -0.15) is 0 Å². The molecule has 3 heteroatoms. The summed E-state index contributed by atoms with van der Waals surface area (Å²) in [6, 6.07) is 12.2. The van der Waals surface area contributed by atoms with Crippen molar-refractivity contribution in [1.29, 1.82) is 0 Å². The first-order chi connectivity index (χ1) is 7.34. The zero-order valence-electron chi connectivity index (χ0n) is 8.05. The molecule has 0 amide bonds. The topological polar surface area (TPSA) is 42.4 Å². The Bertz CT molecular complexity index is 411. The van der Waals surface area contributed by atoms with Gasteiger partial charge in [0.1, 0.15) is 12.4 Å². The number of aromatic hydroxyl groups is 1. The Labute approximate surface area is 88.0 Å². The molecular weight excluding hydrogens is 190 g/mol. The summed E-state index contributed by atoms with van der Waals surface area (Å²) in [6.07, 6.45) is 2.69. The molecule has 15 heavy (non-hydrogen) atoms. The van der Waals surface area contributed by atoms with Crippen LogP contribution in [-0.2, 0) is 6.61 Å². The normalized spacial score (nSPS) is 9.87. The van der Waals surface area contributed by atoms with E-state index in [1.807, 2.05) is 18.2 Å². The van der Waals surface area contributed by atoms with Gasteiger partial charge in [0, 0.05) is 6.07 Å². The number of benzene rings is 1. The third-order valence-electron chi connectivity index (χ3n) is 1.91. The van der Waals surface area contributed by atoms with Gasteiger partial charge < -0.3 is 9.84 Å². The fourth-order valence-electron chi connectivity index (χ4n) is 1.14. The fraction of sp³-hybridized carbons (Fsp3) is 0.0833. The van der Waals surface area contributed by atoms with Crippen LogP contribution in [0.5, 0.6) is 11.6 Å². The summed E-state index contributed by atoms with van der Waals surface area (Å²) in [5.41, 5.74) is 0.985. The third kappa shape index (κ3) is 2.71. The van der Waals surface area contributed by atoms with Gasteiger partial charge in [0.05, 0.1) is 6.20 Å². The summed E-state index contributed by atoms with van der Waals surface area (Å²) in [6.45, 7) is 0.436. The molecule has 0 aliphatic carbocycles. The molecule has 1 radical (unpaired) electrons. The lowest BCUT2D eigenvalue weighted by molar-refractivity contribution is 0.293. The maximum atomic E-state index is 9.08. The molecule has 2 aromatic rings. The van der Waals surface area contributed by atoms with Crippen molar-refractivity contribution in [2.45, 2.75) is 6.61 Å². The van der Waals surface area contributed by atoms with Crippen molar-refractivity contribution in [2.24, 2.45) is 0 Å². The predicted octanol–water partition coefficient (Wildman–Crippen LogP) is 2.17. The molecular formula is C12H10NO2. The van der Waals surface area contributed by atoms with E-state index in [1.165, 1.54) is 0 Å². The summed E-state index contributed by atoms with van der Waals surface area (Å²) in [5, 5.41) is 9.08. The molecule has 3 nitrogen and oxygen atoms in total. The van der Waals surface area contributed by atoms with Crippen LogP contribution in [0.15, 0.2) is 42.5 Å². The van der Waals surface area contributed by atoms with Gasteiger partial charge in [-0.3, -0.25) is 0 Å². The molecule has 0 spiro atoms. The lowest BCUT2D eigenvalue weighted by Crippen LogP contribution is -1.96. The lowest BCUT2D eigenvalue weighted by atomic mass is 10.2. The number of nitrogens with zero attached hydrogens (tertiary/aromatic N) is 1. The molecule has 1 aromatic heterocycles. The maximum absolute atomic E-state index is 9.08. The smallest absolute Gasteiger partial charge is 0.214 e. The van der Waals surface area contributed by atoms with E-state index < -0.39 is 0 Å². The Morgan fingerprint density at radius 1 is 1.20 bits per heavy atom. The number of ether oxygens (including phenoxy) is 1. The number of rotatable bonds is 3. The van der Waals surface area contributed by atoms with Crippen LogP contribution >= 0.6 is 0 Å². The number of pyridine rings is 1. The van der Waals surface area contributed by atoms with Gasteiger partial charge in [0.15, 0.2) is 0 Å². The summed E-state index contributed by atoms with van der Waals surface area (Å²) < 4.78 is 5.41. The summed E-state index contributed by atoms with van der Waals surface area (Å²) in [5.74, 6) is 0.801. The van der Waals surface area contributed by atoms with E-state index >= 15 is 0 Å². The van der Waals surface area contributed by atoms with Gasteiger partial charge in [-0.15, -0.1) is 0 Å². The first-order valence-corrected chi connectivity index (χ1v) is 4.58. The highest BCUT2D eigenvalue weighted by Gasteiger charge is 1.96. The summed E-state index contributed by atoms with van der Waals surface area (Å²) in [4.78, 5) is 3.91. The first kappa shape index (κ1) is 9.52. The molecule has 0 aliphatic heterocycles.